The zero-order valence-electron chi connectivity index (χ0n) is 19.8. The molecule has 3 atom stereocenters. The Morgan fingerprint density at radius 1 is 1.18 bits per heavy atom. The Morgan fingerprint density at radius 3 is 2.30 bits per heavy atom. The van der Waals surface area contributed by atoms with E-state index in [2.05, 4.69) is 0 Å². The smallest absolute Gasteiger partial charge is 0.457 e. The van der Waals surface area contributed by atoms with Crippen LogP contribution in [0.4, 0.5) is 4.79 Å². The van der Waals surface area contributed by atoms with E-state index in [4.69, 9.17) is 29.8 Å². The van der Waals surface area contributed by atoms with E-state index in [-0.39, 0.29) is 13.0 Å². The SMILES string of the molecule is COC(=O)[C@]12CCC[C@@]1(CCCB1OC(C)(C)C(C)(C)O1)C(OS(=O)(=O)CCl)CN2C(=O)O. The third-order valence-corrected chi connectivity index (χ3v) is 9.52. The molecule has 2 saturated heterocycles. The van der Waals surface area contributed by atoms with Crippen LogP contribution < -0.4 is 0 Å². The number of carbonyl (C=O) groups excluding carboxylic acids is 1. The Kier molecular flexibility index (Phi) is 7.12. The summed E-state index contributed by atoms with van der Waals surface area (Å²) in [6.07, 6.45) is 0.108. The number of esters is 1. The van der Waals surface area contributed by atoms with Gasteiger partial charge in [-0.3, -0.25) is 9.08 Å². The van der Waals surface area contributed by atoms with Crippen molar-refractivity contribution in [3.8, 4) is 0 Å². The Balaban J connectivity index is 1.92. The zero-order chi connectivity index (χ0) is 24.9. The van der Waals surface area contributed by atoms with Crippen LogP contribution in [0.25, 0.3) is 0 Å². The van der Waals surface area contributed by atoms with E-state index in [0.717, 1.165) is 4.90 Å². The van der Waals surface area contributed by atoms with Gasteiger partial charge < -0.3 is 19.2 Å². The van der Waals surface area contributed by atoms with Gasteiger partial charge in [-0.25, -0.2) is 9.59 Å². The van der Waals surface area contributed by atoms with Crippen LogP contribution in [-0.4, -0.2) is 79.3 Å². The van der Waals surface area contributed by atoms with Crippen molar-refractivity contribution >= 4 is 40.9 Å². The second-order valence-electron chi connectivity index (χ2n) is 10.1. The predicted octanol–water partition coefficient (Wildman–Crippen LogP) is 2.85. The first kappa shape index (κ1) is 26.5. The summed E-state index contributed by atoms with van der Waals surface area (Å²) in [6.45, 7) is 7.54. The number of alkyl halides is 1. The van der Waals surface area contributed by atoms with Crippen LogP contribution in [-0.2, 0) is 33.1 Å². The standard InChI is InChI=1S/C20H33BClNO9S/c1-17(2)18(3,4)32-21(31-17)11-7-9-19-8-6-10-20(19,15(24)29-5)23(16(25)26)12-14(19)30-33(27,28)13-22/h14H,6-13H2,1-5H3,(H,25,26)/t14?,19-,20-/m1/s1. The van der Waals surface area contributed by atoms with E-state index in [9.17, 15) is 23.1 Å². The van der Waals surface area contributed by atoms with E-state index in [1.54, 1.807) is 0 Å². The molecule has 0 spiro atoms. The highest BCUT2D eigenvalue weighted by molar-refractivity contribution is 7.87. The number of fused-ring (bicyclic) bond motifs is 1. The van der Waals surface area contributed by atoms with Crippen molar-refractivity contribution in [3.05, 3.63) is 0 Å². The molecule has 2 aliphatic heterocycles. The first-order chi connectivity index (χ1) is 15.2. The van der Waals surface area contributed by atoms with Crippen LogP contribution in [0.5, 0.6) is 0 Å². The first-order valence-corrected chi connectivity index (χ1v) is 13.2. The van der Waals surface area contributed by atoms with E-state index < -0.39 is 62.8 Å². The molecule has 1 saturated carbocycles. The summed E-state index contributed by atoms with van der Waals surface area (Å²) in [5.74, 6) is -0.701. The Morgan fingerprint density at radius 2 is 1.79 bits per heavy atom. The molecule has 1 unspecified atom stereocenters. The second-order valence-corrected chi connectivity index (χ2v) is 12.3. The fraction of sp³-hybridized carbons (Fsp3) is 0.900. The number of carboxylic acid groups (broad SMARTS) is 1. The summed E-state index contributed by atoms with van der Waals surface area (Å²) in [4.78, 5) is 26.3. The van der Waals surface area contributed by atoms with Gasteiger partial charge in [0.2, 0.25) is 0 Å². The lowest BCUT2D eigenvalue weighted by molar-refractivity contribution is -0.159. The number of likely N-dealkylation sites (tertiary alicyclic amines) is 1. The lowest BCUT2D eigenvalue weighted by Gasteiger charge is -2.43. The van der Waals surface area contributed by atoms with Crippen molar-refractivity contribution in [2.75, 3.05) is 18.9 Å². The van der Waals surface area contributed by atoms with Gasteiger partial charge in [-0.2, -0.15) is 8.42 Å². The molecule has 3 rings (SSSR count). The molecule has 0 aromatic rings. The minimum absolute atomic E-state index is 0.225. The van der Waals surface area contributed by atoms with Crippen molar-refractivity contribution in [1.82, 2.24) is 4.90 Å². The zero-order valence-corrected chi connectivity index (χ0v) is 21.3. The van der Waals surface area contributed by atoms with Gasteiger partial charge in [-0.15, -0.1) is 11.6 Å². The Labute approximate surface area is 200 Å². The highest BCUT2D eigenvalue weighted by Crippen LogP contribution is 2.61. The number of carbonyl (C=O) groups is 2. The third-order valence-electron chi connectivity index (χ3n) is 7.93. The fourth-order valence-corrected chi connectivity index (χ4v) is 6.56. The number of amides is 1. The lowest BCUT2D eigenvalue weighted by atomic mass is 9.66. The van der Waals surface area contributed by atoms with Crippen LogP contribution >= 0.6 is 11.6 Å². The van der Waals surface area contributed by atoms with Gasteiger partial charge in [-0.05, 0) is 59.7 Å². The molecule has 10 nitrogen and oxygen atoms in total. The van der Waals surface area contributed by atoms with Gasteiger partial charge >= 0.3 is 19.2 Å². The summed E-state index contributed by atoms with van der Waals surface area (Å²) in [7, 11) is -3.38. The quantitative estimate of drug-likeness (QED) is 0.227. The van der Waals surface area contributed by atoms with Crippen LogP contribution in [0.3, 0.4) is 0 Å². The van der Waals surface area contributed by atoms with Gasteiger partial charge in [0.1, 0.15) is 11.3 Å². The number of ether oxygens (including phenoxy) is 1. The Bertz CT molecular complexity index is 882. The van der Waals surface area contributed by atoms with Crippen molar-refractivity contribution < 1.29 is 41.3 Å². The molecule has 1 aliphatic carbocycles. The van der Waals surface area contributed by atoms with E-state index in [1.807, 2.05) is 27.7 Å². The topological polar surface area (TPSA) is 129 Å². The molecule has 1 N–H and O–H groups in total. The number of nitrogens with zero attached hydrogens (tertiary/aromatic N) is 1. The normalized spacial score (nSPS) is 32.7. The van der Waals surface area contributed by atoms with Crippen molar-refractivity contribution in [3.63, 3.8) is 0 Å². The summed E-state index contributed by atoms with van der Waals surface area (Å²) in [5, 5.41) is 9.15. The van der Waals surface area contributed by atoms with E-state index in [0.29, 0.717) is 32.0 Å². The second kappa shape index (κ2) is 8.85. The van der Waals surface area contributed by atoms with Gasteiger partial charge in [0.05, 0.1) is 24.9 Å². The molecule has 0 aromatic heterocycles. The Hall–Kier alpha value is -1.08. The third kappa shape index (κ3) is 4.26. The highest BCUT2D eigenvalue weighted by atomic mass is 35.5. The van der Waals surface area contributed by atoms with Crippen LogP contribution in [0, 0.1) is 5.41 Å². The highest BCUT2D eigenvalue weighted by Gasteiger charge is 2.73. The first-order valence-electron chi connectivity index (χ1n) is 11.1. The van der Waals surface area contributed by atoms with Crippen LogP contribution in [0.15, 0.2) is 0 Å². The minimum Gasteiger partial charge on any atom is -0.467 e. The largest absolute Gasteiger partial charge is 0.467 e. The average Bonchev–Trinajstić information content (AvgIpc) is 3.27. The summed E-state index contributed by atoms with van der Waals surface area (Å²) in [5.41, 5.74) is -3.60. The number of hydrogen-bond acceptors (Lipinski definition) is 8. The predicted molar refractivity (Wildman–Crippen MR) is 120 cm³/mol. The maximum absolute atomic E-state index is 13.1. The fourth-order valence-electron chi connectivity index (χ4n) is 5.75. The lowest BCUT2D eigenvalue weighted by Crippen LogP contribution is -2.59. The average molecular weight is 510 g/mol. The molecule has 13 heteroatoms. The van der Waals surface area contributed by atoms with Gasteiger partial charge in [0.15, 0.2) is 5.54 Å². The van der Waals surface area contributed by atoms with Crippen molar-refractivity contribution in [2.45, 2.75) is 89.0 Å². The molecule has 188 valence electrons. The number of rotatable bonds is 8. The van der Waals surface area contributed by atoms with Crippen LogP contribution in [0.1, 0.15) is 59.8 Å². The maximum atomic E-state index is 13.1. The van der Waals surface area contributed by atoms with Gasteiger partial charge in [-0.1, -0.05) is 6.42 Å². The van der Waals surface area contributed by atoms with Gasteiger partial charge in [0, 0.05) is 5.41 Å². The summed E-state index contributed by atoms with van der Waals surface area (Å²) >= 11 is 5.56. The monoisotopic (exact) mass is 509 g/mol. The molecule has 33 heavy (non-hydrogen) atoms. The molecule has 3 fully saturated rings. The molecule has 0 aromatic carbocycles. The summed E-state index contributed by atoms with van der Waals surface area (Å²) < 4.78 is 47.1. The number of halogens is 1. The molecular weight excluding hydrogens is 477 g/mol. The minimum atomic E-state index is -4.12. The van der Waals surface area contributed by atoms with Crippen molar-refractivity contribution in [1.29, 1.82) is 0 Å². The molecule has 1 amide bonds. The van der Waals surface area contributed by atoms with E-state index in [1.165, 1.54) is 7.11 Å². The molecule has 0 radical (unpaired) electrons. The number of hydrogen-bond donors (Lipinski definition) is 1. The maximum Gasteiger partial charge on any atom is 0.457 e. The molecular formula is C20H33BClNO9S. The number of methoxy groups -OCH3 is 1. The van der Waals surface area contributed by atoms with Crippen LogP contribution in [0.2, 0.25) is 6.32 Å². The molecule has 3 aliphatic rings. The van der Waals surface area contributed by atoms with E-state index >= 15 is 0 Å². The summed E-state index contributed by atoms with van der Waals surface area (Å²) in [6, 6.07) is 0. The van der Waals surface area contributed by atoms with Gasteiger partial charge in [0.25, 0.3) is 10.1 Å². The molecule has 0 bridgehead atoms. The molecule has 2 heterocycles. The van der Waals surface area contributed by atoms with Crippen molar-refractivity contribution in [2.24, 2.45) is 5.41 Å².